The molecule has 1 atom stereocenters. The zero-order chi connectivity index (χ0) is 13.7. The van der Waals surface area contributed by atoms with Crippen molar-refractivity contribution in [3.05, 3.63) is 52.8 Å². The molecule has 1 aromatic carbocycles. The number of benzene rings is 1. The smallest absolute Gasteiger partial charge is 0.0681 e. The first-order valence-corrected chi connectivity index (χ1v) is 6.62. The molecule has 3 N–H and O–H groups in total. The highest BCUT2D eigenvalue weighted by molar-refractivity contribution is 5.22. The molecule has 19 heavy (non-hydrogen) atoms. The fraction of sp³-hybridized carbons (Fsp3) is 0.400. The molecule has 0 radical (unpaired) electrons. The summed E-state index contributed by atoms with van der Waals surface area (Å²) in [5.41, 5.74) is 4.57. The minimum atomic E-state index is 0.106. The highest BCUT2D eigenvalue weighted by atomic mass is 16.3. The van der Waals surface area contributed by atoms with Crippen molar-refractivity contribution in [2.45, 2.75) is 32.9 Å². The Bertz CT molecular complexity index is 504. The Kier molecular flexibility index (Phi) is 4.71. The molecule has 0 amide bonds. The second kappa shape index (κ2) is 6.50. The van der Waals surface area contributed by atoms with E-state index in [2.05, 4.69) is 34.6 Å². The van der Waals surface area contributed by atoms with Gasteiger partial charge in [0.05, 0.1) is 12.8 Å². The molecule has 4 nitrogen and oxygen atoms in total. The Morgan fingerprint density at radius 3 is 2.53 bits per heavy atom. The van der Waals surface area contributed by atoms with Gasteiger partial charge in [-0.05, 0) is 37.9 Å². The van der Waals surface area contributed by atoms with E-state index in [-0.39, 0.29) is 6.61 Å². The molecule has 0 fully saturated rings. The van der Waals surface area contributed by atoms with E-state index in [0.717, 1.165) is 24.2 Å². The van der Waals surface area contributed by atoms with Gasteiger partial charge in [0, 0.05) is 17.3 Å². The maximum absolute atomic E-state index is 8.99. The Labute approximate surface area is 113 Å². The monoisotopic (exact) mass is 259 g/mol. The number of hydrogen-bond acceptors (Lipinski definition) is 3. The Morgan fingerprint density at radius 1 is 1.26 bits per heavy atom. The SMILES string of the molecule is Cc1[nH]ncc1C(C)NCCc1ccc(CO)cc1. The van der Waals surface area contributed by atoms with Crippen LogP contribution in [0.1, 0.15) is 35.3 Å². The predicted octanol–water partition coefficient (Wildman–Crippen LogP) is 2.10. The lowest BCUT2D eigenvalue weighted by molar-refractivity contribution is 0.282. The van der Waals surface area contributed by atoms with E-state index in [9.17, 15) is 0 Å². The lowest BCUT2D eigenvalue weighted by Crippen LogP contribution is -2.21. The number of aliphatic hydroxyl groups excluding tert-OH is 1. The van der Waals surface area contributed by atoms with Crippen LogP contribution in [0.15, 0.2) is 30.5 Å². The van der Waals surface area contributed by atoms with E-state index in [0.29, 0.717) is 6.04 Å². The van der Waals surface area contributed by atoms with Gasteiger partial charge >= 0.3 is 0 Å². The van der Waals surface area contributed by atoms with Crippen molar-refractivity contribution < 1.29 is 5.11 Å². The van der Waals surface area contributed by atoms with Gasteiger partial charge in [0.25, 0.3) is 0 Å². The second-order valence-corrected chi connectivity index (χ2v) is 4.85. The molecule has 0 spiro atoms. The molecule has 1 aromatic heterocycles. The van der Waals surface area contributed by atoms with Crippen molar-refractivity contribution in [3.8, 4) is 0 Å². The molecule has 102 valence electrons. The van der Waals surface area contributed by atoms with Crippen LogP contribution in [-0.4, -0.2) is 21.8 Å². The minimum Gasteiger partial charge on any atom is -0.392 e. The topological polar surface area (TPSA) is 60.9 Å². The summed E-state index contributed by atoms with van der Waals surface area (Å²) in [5, 5.41) is 19.5. The van der Waals surface area contributed by atoms with Crippen molar-refractivity contribution in [3.63, 3.8) is 0 Å². The van der Waals surface area contributed by atoms with Gasteiger partial charge in [-0.3, -0.25) is 5.10 Å². The molecule has 1 heterocycles. The minimum absolute atomic E-state index is 0.106. The predicted molar refractivity (Wildman–Crippen MR) is 75.8 cm³/mol. The second-order valence-electron chi connectivity index (χ2n) is 4.85. The number of nitrogens with zero attached hydrogens (tertiary/aromatic N) is 1. The number of aryl methyl sites for hydroxylation is 1. The summed E-state index contributed by atoms with van der Waals surface area (Å²) in [4.78, 5) is 0. The number of nitrogens with one attached hydrogen (secondary N) is 2. The molecule has 2 aromatic rings. The quantitative estimate of drug-likeness (QED) is 0.744. The summed E-state index contributed by atoms with van der Waals surface area (Å²) >= 11 is 0. The van der Waals surface area contributed by atoms with Crippen LogP contribution >= 0.6 is 0 Å². The third-order valence-electron chi connectivity index (χ3n) is 3.41. The maximum atomic E-state index is 8.99. The van der Waals surface area contributed by atoms with Crippen LogP contribution in [-0.2, 0) is 13.0 Å². The summed E-state index contributed by atoms with van der Waals surface area (Å²) in [5.74, 6) is 0. The lowest BCUT2D eigenvalue weighted by Gasteiger charge is -2.13. The van der Waals surface area contributed by atoms with Gasteiger partial charge in [-0.1, -0.05) is 24.3 Å². The van der Waals surface area contributed by atoms with Gasteiger partial charge in [-0.2, -0.15) is 5.10 Å². The number of aromatic amines is 1. The normalized spacial score (nSPS) is 12.6. The Balaban J connectivity index is 1.81. The van der Waals surface area contributed by atoms with Gasteiger partial charge in [-0.25, -0.2) is 0 Å². The van der Waals surface area contributed by atoms with Crippen LogP contribution in [0.25, 0.3) is 0 Å². The van der Waals surface area contributed by atoms with E-state index in [1.165, 1.54) is 11.1 Å². The average Bonchev–Trinajstić information content (AvgIpc) is 2.86. The third kappa shape index (κ3) is 3.66. The van der Waals surface area contributed by atoms with Crippen molar-refractivity contribution >= 4 is 0 Å². The molecule has 4 heteroatoms. The van der Waals surface area contributed by atoms with E-state index in [1.54, 1.807) is 0 Å². The fourth-order valence-electron chi connectivity index (χ4n) is 2.15. The standard InChI is InChI=1S/C15H21N3O/c1-11(15-9-17-18-12(15)2)16-8-7-13-3-5-14(10-19)6-4-13/h3-6,9,11,16,19H,7-8,10H2,1-2H3,(H,17,18). The number of rotatable bonds is 6. The highest BCUT2D eigenvalue weighted by Gasteiger charge is 2.08. The summed E-state index contributed by atoms with van der Waals surface area (Å²) in [6.45, 7) is 5.21. The van der Waals surface area contributed by atoms with Crippen LogP contribution < -0.4 is 5.32 Å². The zero-order valence-corrected chi connectivity index (χ0v) is 11.5. The van der Waals surface area contributed by atoms with E-state index in [1.807, 2.05) is 25.3 Å². The average molecular weight is 259 g/mol. The first kappa shape index (κ1) is 13.8. The van der Waals surface area contributed by atoms with E-state index < -0.39 is 0 Å². The summed E-state index contributed by atoms with van der Waals surface area (Å²) in [7, 11) is 0. The van der Waals surface area contributed by atoms with Crippen molar-refractivity contribution in [1.29, 1.82) is 0 Å². The molecule has 2 rings (SSSR count). The van der Waals surface area contributed by atoms with Crippen LogP contribution in [0.4, 0.5) is 0 Å². The Hall–Kier alpha value is -1.65. The number of aliphatic hydroxyl groups is 1. The summed E-state index contributed by atoms with van der Waals surface area (Å²) in [6, 6.07) is 8.38. The van der Waals surface area contributed by atoms with Crippen LogP contribution in [0, 0.1) is 6.92 Å². The van der Waals surface area contributed by atoms with Gasteiger partial charge in [0.1, 0.15) is 0 Å². The number of hydrogen-bond donors (Lipinski definition) is 3. The number of H-pyrrole nitrogens is 1. The van der Waals surface area contributed by atoms with E-state index >= 15 is 0 Å². The lowest BCUT2D eigenvalue weighted by atomic mass is 10.1. The maximum Gasteiger partial charge on any atom is 0.0681 e. The molecule has 0 aliphatic rings. The molecular formula is C15H21N3O. The molecule has 0 aliphatic carbocycles. The molecule has 0 saturated carbocycles. The fourth-order valence-corrected chi connectivity index (χ4v) is 2.15. The van der Waals surface area contributed by atoms with Crippen LogP contribution in [0.2, 0.25) is 0 Å². The largest absolute Gasteiger partial charge is 0.392 e. The van der Waals surface area contributed by atoms with Crippen molar-refractivity contribution in [2.75, 3.05) is 6.54 Å². The first-order valence-electron chi connectivity index (χ1n) is 6.62. The van der Waals surface area contributed by atoms with Crippen molar-refractivity contribution in [1.82, 2.24) is 15.5 Å². The summed E-state index contributed by atoms with van der Waals surface area (Å²) < 4.78 is 0. The van der Waals surface area contributed by atoms with Gasteiger partial charge in [-0.15, -0.1) is 0 Å². The first-order chi connectivity index (χ1) is 9.20. The van der Waals surface area contributed by atoms with Gasteiger partial charge < -0.3 is 10.4 Å². The van der Waals surface area contributed by atoms with E-state index in [4.69, 9.17) is 5.11 Å². The number of aromatic nitrogens is 2. The Morgan fingerprint density at radius 2 is 1.95 bits per heavy atom. The third-order valence-corrected chi connectivity index (χ3v) is 3.41. The van der Waals surface area contributed by atoms with Gasteiger partial charge in [0.15, 0.2) is 0 Å². The molecular weight excluding hydrogens is 238 g/mol. The van der Waals surface area contributed by atoms with Crippen LogP contribution in [0.3, 0.4) is 0 Å². The zero-order valence-electron chi connectivity index (χ0n) is 11.5. The molecule has 0 bridgehead atoms. The van der Waals surface area contributed by atoms with Crippen LogP contribution in [0.5, 0.6) is 0 Å². The molecule has 0 saturated heterocycles. The summed E-state index contributed by atoms with van der Waals surface area (Å²) in [6.07, 6.45) is 2.86. The van der Waals surface area contributed by atoms with Crippen molar-refractivity contribution in [2.24, 2.45) is 0 Å². The highest BCUT2D eigenvalue weighted by Crippen LogP contribution is 2.14. The van der Waals surface area contributed by atoms with Gasteiger partial charge in [0.2, 0.25) is 0 Å². The molecule has 0 aliphatic heterocycles. The molecule has 1 unspecified atom stereocenters.